The number of unbranched alkanes of at least 4 members (excludes halogenated alkanes) is 51. The number of ether oxygens (including phenoxy) is 3. The van der Waals surface area contributed by atoms with Crippen molar-refractivity contribution < 1.29 is 28.6 Å². The lowest BCUT2D eigenvalue weighted by Crippen LogP contribution is -2.30. The Kier molecular flexibility index (Phi) is 68.1. The molecule has 1 atom stereocenters. The second-order valence-corrected chi connectivity index (χ2v) is 24.8. The lowest BCUT2D eigenvalue weighted by molar-refractivity contribution is -0.167. The van der Waals surface area contributed by atoms with E-state index in [1.807, 2.05) is 0 Å². The molecule has 0 aromatic heterocycles. The number of allylic oxidation sites excluding steroid dienone is 6. The third-order valence-electron chi connectivity index (χ3n) is 16.7. The Labute approximate surface area is 506 Å². The minimum atomic E-state index is -0.779. The zero-order valence-electron chi connectivity index (χ0n) is 54.8. The van der Waals surface area contributed by atoms with Gasteiger partial charge in [0.25, 0.3) is 0 Å². The summed E-state index contributed by atoms with van der Waals surface area (Å²) in [5.41, 5.74) is 0. The van der Waals surface area contributed by atoms with E-state index in [0.29, 0.717) is 19.3 Å². The van der Waals surface area contributed by atoms with Gasteiger partial charge in [0.2, 0.25) is 0 Å². The molecule has 0 aliphatic rings. The molecule has 0 saturated carbocycles. The van der Waals surface area contributed by atoms with Crippen molar-refractivity contribution in [1.29, 1.82) is 0 Å². The van der Waals surface area contributed by atoms with E-state index in [-0.39, 0.29) is 31.1 Å². The van der Waals surface area contributed by atoms with Gasteiger partial charge in [0.1, 0.15) is 13.2 Å². The van der Waals surface area contributed by atoms with E-state index in [1.54, 1.807) is 0 Å². The lowest BCUT2D eigenvalue weighted by Gasteiger charge is -2.18. The maximum absolute atomic E-state index is 12.9. The van der Waals surface area contributed by atoms with Gasteiger partial charge >= 0.3 is 17.9 Å². The summed E-state index contributed by atoms with van der Waals surface area (Å²) in [5, 5.41) is 0. The fourth-order valence-electron chi connectivity index (χ4n) is 11.2. The molecular weight excluding hydrogens is 997 g/mol. The molecule has 0 heterocycles. The Morgan fingerprint density at radius 1 is 0.259 bits per heavy atom. The Hall–Kier alpha value is -2.37. The Bertz CT molecular complexity index is 1350. The highest BCUT2D eigenvalue weighted by atomic mass is 16.6. The van der Waals surface area contributed by atoms with Crippen LogP contribution in [0.3, 0.4) is 0 Å². The van der Waals surface area contributed by atoms with Gasteiger partial charge in [-0.1, -0.05) is 372 Å². The van der Waals surface area contributed by atoms with Crippen molar-refractivity contribution in [3.8, 4) is 0 Å². The van der Waals surface area contributed by atoms with Crippen LogP contribution >= 0.6 is 0 Å². The predicted octanol–water partition coefficient (Wildman–Crippen LogP) is 25.1. The Morgan fingerprint density at radius 2 is 0.481 bits per heavy atom. The van der Waals surface area contributed by atoms with Crippen LogP contribution in [0.1, 0.15) is 406 Å². The summed E-state index contributed by atoms with van der Waals surface area (Å²) in [7, 11) is 0. The second kappa shape index (κ2) is 70.1. The molecule has 0 aromatic rings. The topological polar surface area (TPSA) is 78.9 Å². The number of esters is 3. The molecule has 0 radical (unpaired) electrons. The van der Waals surface area contributed by atoms with E-state index in [9.17, 15) is 14.4 Å². The van der Waals surface area contributed by atoms with Crippen LogP contribution in [0, 0.1) is 0 Å². The van der Waals surface area contributed by atoms with E-state index in [4.69, 9.17) is 14.2 Å². The molecule has 0 fully saturated rings. The van der Waals surface area contributed by atoms with E-state index in [1.165, 1.54) is 270 Å². The van der Waals surface area contributed by atoms with Crippen LogP contribution in [0.25, 0.3) is 0 Å². The molecule has 0 rings (SSSR count). The van der Waals surface area contributed by atoms with Crippen molar-refractivity contribution in [3.05, 3.63) is 36.5 Å². The van der Waals surface area contributed by atoms with Crippen molar-refractivity contribution in [2.24, 2.45) is 0 Å². The molecule has 0 aromatic carbocycles. The highest BCUT2D eigenvalue weighted by Crippen LogP contribution is 2.19. The second-order valence-electron chi connectivity index (χ2n) is 24.8. The highest BCUT2D eigenvalue weighted by Gasteiger charge is 2.19. The van der Waals surface area contributed by atoms with Gasteiger partial charge in [-0.3, -0.25) is 14.4 Å². The molecule has 476 valence electrons. The van der Waals surface area contributed by atoms with Crippen LogP contribution in [0.15, 0.2) is 36.5 Å². The van der Waals surface area contributed by atoms with Gasteiger partial charge in [-0.15, -0.1) is 0 Å². The smallest absolute Gasteiger partial charge is 0.306 e. The van der Waals surface area contributed by atoms with Crippen LogP contribution in [0.2, 0.25) is 0 Å². The Balaban J connectivity index is 4.06. The normalized spacial score (nSPS) is 12.2. The molecule has 0 amide bonds. The lowest BCUT2D eigenvalue weighted by atomic mass is 10.0. The first-order valence-corrected chi connectivity index (χ1v) is 36.5. The summed E-state index contributed by atoms with van der Waals surface area (Å²) in [5.74, 6) is -0.863. The van der Waals surface area contributed by atoms with Crippen LogP contribution in [-0.4, -0.2) is 37.2 Å². The van der Waals surface area contributed by atoms with Gasteiger partial charge in [0.05, 0.1) is 0 Å². The summed E-state index contributed by atoms with van der Waals surface area (Å²) in [6.07, 6.45) is 87.8. The standard InChI is InChI=1S/C75H140O6/c1-4-7-10-13-16-19-22-25-28-29-30-31-32-33-34-35-36-37-38-39-40-41-42-43-44-45-46-48-50-53-56-59-62-65-68-74(77)80-71-72(70-79-73(76)67-64-61-58-55-52-49-27-24-21-18-15-12-9-6-3)81-75(78)69-66-63-60-57-54-51-47-26-23-20-17-14-11-8-5-2/h8,11,17,20,26,47,72H,4-7,9-10,12-16,18-19,21-25,27-46,48-71H2,1-3H3/b11-8-,20-17-,47-26-. The van der Waals surface area contributed by atoms with E-state index >= 15 is 0 Å². The molecule has 81 heavy (non-hydrogen) atoms. The van der Waals surface area contributed by atoms with E-state index in [0.717, 1.165) is 96.3 Å². The van der Waals surface area contributed by atoms with Crippen LogP contribution in [-0.2, 0) is 28.6 Å². The number of hydrogen-bond donors (Lipinski definition) is 0. The van der Waals surface area contributed by atoms with Gasteiger partial charge in [0.15, 0.2) is 6.10 Å². The maximum Gasteiger partial charge on any atom is 0.306 e. The van der Waals surface area contributed by atoms with Crippen molar-refractivity contribution in [3.63, 3.8) is 0 Å². The van der Waals surface area contributed by atoms with Gasteiger partial charge in [-0.2, -0.15) is 0 Å². The number of hydrogen-bond acceptors (Lipinski definition) is 6. The third kappa shape index (κ3) is 68.3. The molecule has 0 bridgehead atoms. The number of carbonyl (C=O) groups excluding carboxylic acids is 3. The van der Waals surface area contributed by atoms with Crippen molar-refractivity contribution in [1.82, 2.24) is 0 Å². The van der Waals surface area contributed by atoms with Crippen molar-refractivity contribution in [2.45, 2.75) is 412 Å². The van der Waals surface area contributed by atoms with Gasteiger partial charge in [-0.05, 0) is 51.4 Å². The average Bonchev–Trinajstić information content (AvgIpc) is 3.47. The highest BCUT2D eigenvalue weighted by molar-refractivity contribution is 5.71. The molecule has 0 N–H and O–H groups in total. The van der Waals surface area contributed by atoms with Crippen LogP contribution in [0.5, 0.6) is 0 Å². The summed E-state index contributed by atoms with van der Waals surface area (Å²) in [4.78, 5) is 38.4. The molecule has 0 aliphatic carbocycles. The minimum Gasteiger partial charge on any atom is -0.462 e. The summed E-state index contributed by atoms with van der Waals surface area (Å²) >= 11 is 0. The number of rotatable bonds is 68. The molecule has 6 heteroatoms. The summed E-state index contributed by atoms with van der Waals surface area (Å²) < 4.78 is 17.0. The fraction of sp³-hybridized carbons (Fsp3) is 0.880. The first kappa shape index (κ1) is 78.6. The molecule has 6 nitrogen and oxygen atoms in total. The summed E-state index contributed by atoms with van der Waals surface area (Å²) in [6, 6.07) is 0. The van der Waals surface area contributed by atoms with E-state index < -0.39 is 6.10 Å². The maximum atomic E-state index is 12.9. The fourth-order valence-corrected chi connectivity index (χ4v) is 11.2. The van der Waals surface area contributed by atoms with Crippen LogP contribution in [0.4, 0.5) is 0 Å². The quantitative estimate of drug-likeness (QED) is 0.0261. The molecular formula is C75H140O6. The van der Waals surface area contributed by atoms with Crippen molar-refractivity contribution >= 4 is 17.9 Å². The number of carbonyl (C=O) groups is 3. The average molecular weight is 1140 g/mol. The largest absolute Gasteiger partial charge is 0.462 e. The SMILES string of the molecule is CC/C=C\C/C=C\C/C=C\CCCCCCCC(=O)OC(COC(=O)CCCCCCCCCCCCCCCC)COC(=O)CCCCCCCCCCCCCCCCCCCCCCCCCCCCCCCCCCCC. The van der Waals surface area contributed by atoms with Crippen molar-refractivity contribution in [2.75, 3.05) is 13.2 Å². The molecule has 0 aliphatic heterocycles. The molecule has 1 unspecified atom stereocenters. The minimum absolute atomic E-state index is 0.0738. The monoisotopic (exact) mass is 1140 g/mol. The van der Waals surface area contributed by atoms with Crippen LogP contribution < -0.4 is 0 Å². The first-order valence-electron chi connectivity index (χ1n) is 36.5. The predicted molar refractivity (Wildman–Crippen MR) is 353 cm³/mol. The first-order chi connectivity index (χ1) is 40.0. The zero-order valence-corrected chi connectivity index (χ0v) is 54.8. The van der Waals surface area contributed by atoms with Gasteiger partial charge < -0.3 is 14.2 Å². The van der Waals surface area contributed by atoms with Gasteiger partial charge in [0, 0.05) is 19.3 Å². The molecule has 0 spiro atoms. The summed E-state index contributed by atoms with van der Waals surface area (Å²) in [6.45, 7) is 6.59. The Morgan fingerprint density at radius 3 is 0.753 bits per heavy atom. The third-order valence-corrected chi connectivity index (χ3v) is 16.7. The van der Waals surface area contributed by atoms with E-state index in [2.05, 4.69) is 57.2 Å². The molecule has 0 saturated heterocycles. The van der Waals surface area contributed by atoms with Gasteiger partial charge in [-0.25, -0.2) is 0 Å². The zero-order chi connectivity index (χ0) is 58.5.